The van der Waals surface area contributed by atoms with Crippen molar-refractivity contribution in [1.29, 1.82) is 0 Å². The molecule has 1 aromatic carbocycles. The van der Waals surface area contributed by atoms with Gasteiger partial charge >= 0.3 is 0 Å². The highest BCUT2D eigenvalue weighted by Crippen LogP contribution is 2.30. The first-order valence-electron chi connectivity index (χ1n) is 8.26. The molecule has 10 heteroatoms. The van der Waals surface area contributed by atoms with E-state index in [0.29, 0.717) is 18.9 Å². The van der Waals surface area contributed by atoms with E-state index in [1.165, 1.54) is 11.1 Å². The van der Waals surface area contributed by atoms with Crippen LogP contribution in [0.4, 0.5) is 5.13 Å². The van der Waals surface area contributed by atoms with Crippen molar-refractivity contribution in [3.8, 4) is 5.75 Å². The number of hydrogen-bond acceptors (Lipinski definition) is 8. The number of aromatic nitrogens is 3. The molecule has 27 heavy (non-hydrogen) atoms. The Bertz CT molecular complexity index is 952. The minimum atomic E-state index is -3.73. The summed E-state index contributed by atoms with van der Waals surface area (Å²) in [7, 11) is -3.73. The number of hydrogen-bond donors (Lipinski definition) is 1. The van der Waals surface area contributed by atoms with E-state index in [0.717, 1.165) is 30.0 Å². The van der Waals surface area contributed by atoms with Crippen LogP contribution in [0.5, 0.6) is 5.75 Å². The molecule has 0 bridgehead atoms. The van der Waals surface area contributed by atoms with Crippen molar-refractivity contribution in [2.45, 2.75) is 18.0 Å². The fraction of sp³-hybridized carbons (Fsp3) is 0.235. The molecule has 1 atom stereocenters. The molecule has 0 amide bonds. The maximum Gasteiger partial charge on any atom is 0.247 e. The lowest BCUT2D eigenvalue weighted by Crippen LogP contribution is -2.25. The number of benzene rings is 1. The molecule has 1 N–H and O–H groups in total. The lowest BCUT2D eigenvalue weighted by Gasteiger charge is -2.19. The Labute approximate surface area is 161 Å². The molecular formula is C17H17N5O3S2. The van der Waals surface area contributed by atoms with Gasteiger partial charge in [-0.1, -0.05) is 15.5 Å². The molecule has 0 fully saturated rings. The molecule has 0 radical (unpaired) electrons. The zero-order valence-corrected chi connectivity index (χ0v) is 15.9. The summed E-state index contributed by atoms with van der Waals surface area (Å²) >= 11 is 1.12. The van der Waals surface area contributed by atoms with Crippen molar-refractivity contribution >= 4 is 26.9 Å². The average molecular weight is 403 g/mol. The molecule has 3 heterocycles. The SMILES string of the molecule is O=[S+]([O-])(Nc1nncs1)c1ccc2c(c1)OCCN(Cc1ccncc1)C2. The summed E-state index contributed by atoms with van der Waals surface area (Å²) in [6.45, 7) is 2.71. The van der Waals surface area contributed by atoms with Gasteiger partial charge in [0.15, 0.2) is 15.3 Å². The molecule has 0 spiro atoms. The Hall–Kier alpha value is -2.40. The van der Waals surface area contributed by atoms with Crippen molar-refractivity contribution in [3.05, 3.63) is 59.4 Å². The first-order valence-corrected chi connectivity index (χ1v) is 10.6. The zero-order chi connectivity index (χ0) is 18.7. The van der Waals surface area contributed by atoms with E-state index in [1.807, 2.05) is 12.1 Å². The first-order chi connectivity index (χ1) is 13.1. The van der Waals surface area contributed by atoms with Crippen LogP contribution in [0.15, 0.2) is 53.1 Å². The highest BCUT2D eigenvalue weighted by atomic mass is 32.3. The molecule has 140 valence electrons. The number of rotatable bonds is 5. The number of sulfonamides is 1. The van der Waals surface area contributed by atoms with E-state index in [-0.39, 0.29) is 10.0 Å². The van der Waals surface area contributed by atoms with Crippen LogP contribution < -0.4 is 9.46 Å². The predicted molar refractivity (Wildman–Crippen MR) is 101 cm³/mol. The molecule has 0 saturated heterocycles. The lowest BCUT2D eigenvalue weighted by molar-refractivity contribution is 0.219. The summed E-state index contributed by atoms with van der Waals surface area (Å²) in [5, 5.41) is 7.58. The monoisotopic (exact) mass is 403 g/mol. The van der Waals surface area contributed by atoms with Gasteiger partial charge in [0, 0.05) is 43.7 Å². The van der Waals surface area contributed by atoms with Crippen LogP contribution in [-0.4, -0.2) is 37.8 Å². The first kappa shape index (κ1) is 18.0. The minimum absolute atomic E-state index is 0.138. The third-order valence-corrected chi connectivity index (χ3v) is 6.22. The van der Waals surface area contributed by atoms with Gasteiger partial charge in [-0.05, 0) is 29.8 Å². The molecule has 1 aliphatic rings. The fourth-order valence-electron chi connectivity index (χ4n) is 2.84. The third-order valence-electron chi connectivity index (χ3n) is 4.15. The number of ether oxygens (including phenoxy) is 1. The summed E-state index contributed by atoms with van der Waals surface area (Å²) < 4.78 is 33.3. The topological polar surface area (TPSA) is 103 Å². The smallest absolute Gasteiger partial charge is 0.247 e. The van der Waals surface area contributed by atoms with Gasteiger partial charge in [0.1, 0.15) is 17.9 Å². The third kappa shape index (κ3) is 4.30. The highest BCUT2D eigenvalue weighted by Gasteiger charge is 2.25. The van der Waals surface area contributed by atoms with Gasteiger partial charge in [0.2, 0.25) is 5.13 Å². The number of pyridine rings is 1. The largest absolute Gasteiger partial charge is 0.588 e. The number of anilines is 1. The number of nitrogens with one attached hydrogen (secondary N) is 1. The normalized spacial score (nSPS) is 16.6. The second kappa shape index (κ2) is 7.69. The van der Waals surface area contributed by atoms with Crippen molar-refractivity contribution < 1.29 is 13.5 Å². The van der Waals surface area contributed by atoms with E-state index in [2.05, 4.69) is 24.8 Å². The van der Waals surface area contributed by atoms with Crippen LogP contribution >= 0.6 is 11.3 Å². The molecule has 8 nitrogen and oxygen atoms in total. The molecule has 1 aliphatic heterocycles. The van der Waals surface area contributed by atoms with E-state index in [9.17, 15) is 8.76 Å². The van der Waals surface area contributed by atoms with Crippen molar-refractivity contribution in [1.82, 2.24) is 20.1 Å². The number of fused-ring (bicyclic) bond motifs is 1. The summed E-state index contributed by atoms with van der Waals surface area (Å²) in [5.74, 6) is 0.590. The van der Waals surface area contributed by atoms with Crippen LogP contribution in [-0.2, 0) is 27.7 Å². The Morgan fingerprint density at radius 1 is 1.30 bits per heavy atom. The molecule has 2 aromatic heterocycles. The minimum Gasteiger partial charge on any atom is -0.588 e. The highest BCUT2D eigenvalue weighted by molar-refractivity contribution is 7.99. The molecule has 0 aliphatic carbocycles. The average Bonchev–Trinajstić information content (AvgIpc) is 3.07. The van der Waals surface area contributed by atoms with Crippen LogP contribution in [0.3, 0.4) is 0 Å². The van der Waals surface area contributed by atoms with E-state index >= 15 is 0 Å². The predicted octanol–water partition coefficient (Wildman–Crippen LogP) is 2.34. The molecule has 0 saturated carbocycles. The van der Waals surface area contributed by atoms with E-state index in [4.69, 9.17) is 4.74 Å². The van der Waals surface area contributed by atoms with Crippen molar-refractivity contribution in [2.75, 3.05) is 17.9 Å². The Balaban J connectivity index is 1.52. The quantitative estimate of drug-likeness (QED) is 0.652. The maximum absolute atomic E-state index is 12.5. The van der Waals surface area contributed by atoms with Crippen molar-refractivity contribution in [2.24, 2.45) is 0 Å². The Morgan fingerprint density at radius 3 is 2.93 bits per heavy atom. The summed E-state index contributed by atoms with van der Waals surface area (Å²) in [4.78, 5) is 6.44. The molecular weight excluding hydrogens is 386 g/mol. The maximum atomic E-state index is 12.5. The van der Waals surface area contributed by atoms with Gasteiger partial charge in [0.05, 0.1) is 0 Å². The fourth-order valence-corrected chi connectivity index (χ4v) is 4.55. The molecule has 1 unspecified atom stereocenters. The van der Waals surface area contributed by atoms with E-state index in [1.54, 1.807) is 30.6 Å². The van der Waals surface area contributed by atoms with Crippen LogP contribution in [0.1, 0.15) is 11.1 Å². The second-order valence-electron chi connectivity index (χ2n) is 6.03. The Kier molecular flexibility index (Phi) is 5.12. The van der Waals surface area contributed by atoms with Gasteiger partial charge in [-0.15, -0.1) is 10.2 Å². The molecule has 3 aromatic rings. The number of nitrogens with zero attached hydrogens (tertiary/aromatic N) is 4. The molecule has 4 rings (SSSR count). The second-order valence-corrected chi connectivity index (χ2v) is 8.55. The summed E-state index contributed by atoms with van der Waals surface area (Å²) in [6, 6.07) is 8.92. The lowest BCUT2D eigenvalue weighted by atomic mass is 10.1. The zero-order valence-electron chi connectivity index (χ0n) is 14.3. The van der Waals surface area contributed by atoms with Crippen molar-refractivity contribution in [3.63, 3.8) is 0 Å². The Morgan fingerprint density at radius 2 is 2.15 bits per heavy atom. The summed E-state index contributed by atoms with van der Waals surface area (Å²) in [6.07, 6.45) is 3.55. The van der Waals surface area contributed by atoms with Gasteiger partial charge in [-0.2, -0.15) is 4.72 Å². The van der Waals surface area contributed by atoms with Crippen LogP contribution in [0, 0.1) is 0 Å². The van der Waals surface area contributed by atoms with Gasteiger partial charge < -0.3 is 9.29 Å². The van der Waals surface area contributed by atoms with Crippen LogP contribution in [0.25, 0.3) is 0 Å². The van der Waals surface area contributed by atoms with Gasteiger partial charge in [0.25, 0.3) is 0 Å². The van der Waals surface area contributed by atoms with E-state index < -0.39 is 10.4 Å². The standard InChI is InChI=1S/C17H17N5O3S2/c23-27(24,21-17-20-19-12-26-17)15-2-1-14-11-22(7-8-25-16(14)9-15)10-13-3-5-18-6-4-13/h1-6,9,12H,7-8,10-11H2,(H-,20,21,23,24). The van der Waals surface area contributed by atoms with Gasteiger partial charge in [-0.3, -0.25) is 9.88 Å². The van der Waals surface area contributed by atoms with Crippen LogP contribution in [0.2, 0.25) is 0 Å². The summed E-state index contributed by atoms with van der Waals surface area (Å²) in [5.41, 5.74) is 3.60. The van der Waals surface area contributed by atoms with Gasteiger partial charge in [-0.25, -0.2) is 0 Å².